The van der Waals surface area contributed by atoms with E-state index in [2.05, 4.69) is 20.7 Å². The Hall–Kier alpha value is -0.540. The van der Waals surface area contributed by atoms with Gasteiger partial charge in [-0.1, -0.05) is 0 Å². The summed E-state index contributed by atoms with van der Waals surface area (Å²) >= 11 is 3.26. The molecule has 0 bridgehead atoms. The lowest BCUT2D eigenvalue weighted by atomic mass is 10.3. The lowest BCUT2D eigenvalue weighted by molar-refractivity contribution is 0.390. The van der Waals surface area contributed by atoms with Gasteiger partial charge in [-0.25, -0.2) is 13.1 Å². The second-order valence-corrected chi connectivity index (χ2v) is 5.91. The van der Waals surface area contributed by atoms with Crippen LogP contribution in [0.1, 0.15) is 0 Å². The van der Waals surface area contributed by atoms with Crippen LogP contribution in [0.5, 0.6) is 11.5 Å². The van der Waals surface area contributed by atoms with Gasteiger partial charge in [0.05, 0.1) is 18.7 Å². The van der Waals surface area contributed by atoms with Crippen LogP contribution in [0.15, 0.2) is 21.5 Å². The first-order valence-corrected chi connectivity index (χ1v) is 7.35. The second kappa shape index (κ2) is 7.91. The quantitative estimate of drug-likeness (QED) is 0.778. The summed E-state index contributed by atoms with van der Waals surface area (Å²) in [5.74, 6) is 0.635. The molecular formula is C10H16BrClN2O4S. The third-order valence-corrected chi connectivity index (χ3v) is 4.27. The van der Waals surface area contributed by atoms with Crippen LogP contribution in [0, 0.1) is 0 Å². The molecule has 0 heterocycles. The van der Waals surface area contributed by atoms with Crippen molar-refractivity contribution in [3.8, 4) is 11.5 Å². The van der Waals surface area contributed by atoms with Crippen molar-refractivity contribution in [2.24, 2.45) is 5.73 Å². The lowest BCUT2D eigenvalue weighted by Crippen LogP contribution is -2.29. The highest BCUT2D eigenvalue weighted by Gasteiger charge is 2.21. The number of nitrogens with two attached hydrogens (primary N) is 1. The van der Waals surface area contributed by atoms with Gasteiger partial charge in [0.25, 0.3) is 0 Å². The number of halogens is 2. The van der Waals surface area contributed by atoms with E-state index in [4.69, 9.17) is 15.2 Å². The van der Waals surface area contributed by atoms with Crippen LogP contribution < -0.4 is 19.9 Å². The molecule has 0 unspecified atom stereocenters. The molecule has 9 heteroatoms. The third-order valence-electron chi connectivity index (χ3n) is 2.16. The maximum absolute atomic E-state index is 12.0. The Kier molecular flexibility index (Phi) is 7.68. The maximum Gasteiger partial charge on any atom is 0.244 e. The first-order chi connectivity index (χ1) is 8.46. The topological polar surface area (TPSA) is 90.7 Å². The summed E-state index contributed by atoms with van der Waals surface area (Å²) in [5.41, 5.74) is 5.27. The van der Waals surface area contributed by atoms with Crippen LogP contribution in [0.3, 0.4) is 0 Å². The average Bonchev–Trinajstić information content (AvgIpc) is 2.35. The molecule has 110 valence electrons. The first kappa shape index (κ1) is 18.5. The van der Waals surface area contributed by atoms with E-state index in [1.165, 1.54) is 26.4 Å². The number of benzene rings is 1. The summed E-state index contributed by atoms with van der Waals surface area (Å²) < 4.78 is 37.2. The van der Waals surface area contributed by atoms with E-state index < -0.39 is 10.0 Å². The number of sulfonamides is 1. The largest absolute Gasteiger partial charge is 0.496 e. The molecule has 0 saturated heterocycles. The molecule has 0 spiro atoms. The fourth-order valence-corrected chi connectivity index (χ4v) is 3.01. The summed E-state index contributed by atoms with van der Waals surface area (Å²) in [7, 11) is -0.817. The lowest BCUT2D eigenvalue weighted by Gasteiger charge is -2.13. The molecule has 3 N–H and O–H groups in total. The van der Waals surface area contributed by atoms with Gasteiger partial charge in [-0.3, -0.25) is 0 Å². The number of rotatable bonds is 6. The summed E-state index contributed by atoms with van der Waals surface area (Å²) in [5, 5.41) is 0. The van der Waals surface area contributed by atoms with Gasteiger partial charge in [0, 0.05) is 19.2 Å². The molecule has 0 fully saturated rings. The minimum absolute atomic E-state index is 0. The van der Waals surface area contributed by atoms with Crippen LogP contribution in [0.25, 0.3) is 0 Å². The van der Waals surface area contributed by atoms with Crippen molar-refractivity contribution in [3.05, 3.63) is 16.6 Å². The highest BCUT2D eigenvalue weighted by atomic mass is 79.9. The molecular weight excluding hydrogens is 360 g/mol. The predicted octanol–water partition coefficient (Wildman–Crippen LogP) is 1.13. The molecule has 0 aliphatic carbocycles. The Morgan fingerprint density at radius 3 is 2.32 bits per heavy atom. The van der Waals surface area contributed by atoms with Crippen molar-refractivity contribution in [1.82, 2.24) is 4.72 Å². The highest BCUT2D eigenvalue weighted by molar-refractivity contribution is 9.10. The van der Waals surface area contributed by atoms with Crippen LogP contribution in [-0.4, -0.2) is 35.7 Å². The van der Waals surface area contributed by atoms with E-state index >= 15 is 0 Å². The number of methoxy groups -OCH3 is 2. The molecule has 0 saturated carbocycles. The fraction of sp³-hybridized carbons (Fsp3) is 0.400. The van der Waals surface area contributed by atoms with Crippen molar-refractivity contribution in [3.63, 3.8) is 0 Å². The van der Waals surface area contributed by atoms with Crippen molar-refractivity contribution in [2.45, 2.75) is 4.90 Å². The van der Waals surface area contributed by atoms with E-state index in [-0.39, 0.29) is 36.1 Å². The summed E-state index contributed by atoms with van der Waals surface area (Å²) in [6, 6.07) is 2.93. The van der Waals surface area contributed by atoms with E-state index in [0.29, 0.717) is 10.2 Å². The normalized spacial score (nSPS) is 10.7. The fourth-order valence-electron chi connectivity index (χ4n) is 1.31. The van der Waals surface area contributed by atoms with E-state index in [0.717, 1.165) is 0 Å². The molecule has 19 heavy (non-hydrogen) atoms. The second-order valence-electron chi connectivity index (χ2n) is 3.32. The molecule has 0 atom stereocenters. The third kappa shape index (κ3) is 4.50. The van der Waals surface area contributed by atoms with Gasteiger partial charge in [0.15, 0.2) is 0 Å². The Labute approximate surface area is 127 Å². The molecule has 0 aliphatic heterocycles. The summed E-state index contributed by atoms with van der Waals surface area (Å²) in [6.07, 6.45) is 0. The standard InChI is InChI=1S/C10H15BrN2O4S.ClH/c1-16-8-6-10(9(17-2)5-7(8)11)18(14,15)13-4-3-12;/h5-6,13H,3-4,12H2,1-2H3;1H. The molecule has 1 aromatic carbocycles. The van der Waals surface area contributed by atoms with Crippen molar-refractivity contribution < 1.29 is 17.9 Å². The van der Waals surface area contributed by atoms with Crippen LogP contribution in [-0.2, 0) is 10.0 Å². The predicted molar refractivity (Wildman–Crippen MR) is 78.7 cm³/mol. The molecule has 0 amide bonds. The van der Waals surface area contributed by atoms with Crippen LogP contribution in [0.4, 0.5) is 0 Å². The average molecular weight is 376 g/mol. The van der Waals surface area contributed by atoms with Crippen molar-refractivity contribution >= 4 is 38.4 Å². The highest BCUT2D eigenvalue weighted by Crippen LogP contribution is 2.35. The SMILES string of the molecule is COc1cc(S(=O)(=O)NCCN)c(OC)cc1Br.Cl. The van der Waals surface area contributed by atoms with Crippen LogP contribution >= 0.6 is 28.3 Å². The van der Waals surface area contributed by atoms with Gasteiger partial charge in [-0.15, -0.1) is 12.4 Å². The number of hydrogen-bond acceptors (Lipinski definition) is 5. The Morgan fingerprint density at radius 1 is 1.26 bits per heavy atom. The van der Waals surface area contributed by atoms with Gasteiger partial charge in [0.2, 0.25) is 10.0 Å². The van der Waals surface area contributed by atoms with Gasteiger partial charge in [0.1, 0.15) is 16.4 Å². The van der Waals surface area contributed by atoms with Gasteiger partial charge >= 0.3 is 0 Å². The maximum atomic E-state index is 12.0. The van der Waals surface area contributed by atoms with Gasteiger partial charge in [-0.2, -0.15) is 0 Å². The minimum atomic E-state index is -3.67. The monoisotopic (exact) mass is 374 g/mol. The number of hydrogen-bond donors (Lipinski definition) is 2. The van der Waals surface area contributed by atoms with E-state index in [9.17, 15) is 8.42 Å². The number of nitrogens with one attached hydrogen (secondary N) is 1. The van der Waals surface area contributed by atoms with Gasteiger partial charge < -0.3 is 15.2 Å². The molecule has 1 aromatic rings. The van der Waals surface area contributed by atoms with Crippen molar-refractivity contribution in [2.75, 3.05) is 27.3 Å². The molecule has 0 radical (unpaired) electrons. The number of ether oxygens (including phenoxy) is 2. The Morgan fingerprint density at radius 2 is 1.84 bits per heavy atom. The Balaban J connectivity index is 0.00000324. The molecule has 0 aliphatic rings. The van der Waals surface area contributed by atoms with E-state index in [1.807, 2.05) is 0 Å². The molecule has 0 aromatic heterocycles. The Bertz CT molecular complexity index is 525. The molecule has 6 nitrogen and oxygen atoms in total. The van der Waals surface area contributed by atoms with Gasteiger partial charge in [-0.05, 0) is 22.0 Å². The van der Waals surface area contributed by atoms with E-state index in [1.54, 1.807) is 0 Å². The zero-order valence-electron chi connectivity index (χ0n) is 10.5. The zero-order valence-corrected chi connectivity index (χ0v) is 13.7. The zero-order chi connectivity index (χ0) is 13.8. The molecule has 1 rings (SSSR count). The van der Waals surface area contributed by atoms with Crippen LogP contribution in [0.2, 0.25) is 0 Å². The first-order valence-electron chi connectivity index (χ1n) is 5.07. The summed E-state index contributed by atoms with van der Waals surface area (Å²) in [6.45, 7) is 0.374. The smallest absolute Gasteiger partial charge is 0.244 e. The summed E-state index contributed by atoms with van der Waals surface area (Å²) in [4.78, 5) is 0.0125. The minimum Gasteiger partial charge on any atom is -0.496 e. The van der Waals surface area contributed by atoms with Crippen molar-refractivity contribution in [1.29, 1.82) is 0 Å².